The highest BCUT2D eigenvalue weighted by Crippen LogP contribution is 2.32. The molecule has 1 fully saturated rings. The monoisotopic (exact) mass is 578 g/mol. The SMILES string of the molecule is [C-]#[N+]c1cc(C(=O)OCC)c2oc(-c3ccc(C(=O)NCC4CCN(c5nccc(C(F)(F)F)n5)CC4)cc3)nc2c1. The number of halogens is 3. The number of fused-ring (bicyclic) bond motifs is 1. The summed E-state index contributed by atoms with van der Waals surface area (Å²) in [5.74, 6) is -0.452. The van der Waals surface area contributed by atoms with E-state index in [-0.39, 0.29) is 47.1 Å². The summed E-state index contributed by atoms with van der Waals surface area (Å²) in [7, 11) is 0. The first kappa shape index (κ1) is 28.5. The maximum atomic E-state index is 13.0. The number of carbonyl (C=O) groups is 2. The molecule has 0 saturated carbocycles. The number of piperidine rings is 1. The van der Waals surface area contributed by atoms with Crippen molar-refractivity contribution in [2.24, 2.45) is 5.92 Å². The largest absolute Gasteiger partial charge is 0.462 e. The molecule has 42 heavy (non-hydrogen) atoms. The lowest BCUT2D eigenvalue weighted by Gasteiger charge is -2.32. The molecule has 3 heterocycles. The van der Waals surface area contributed by atoms with Gasteiger partial charge in [0.1, 0.15) is 11.2 Å². The van der Waals surface area contributed by atoms with Crippen LogP contribution in [0.15, 0.2) is 53.1 Å². The average molecular weight is 579 g/mol. The van der Waals surface area contributed by atoms with Crippen molar-refractivity contribution in [1.29, 1.82) is 0 Å². The summed E-state index contributed by atoms with van der Waals surface area (Å²) in [5.41, 5.74) is 0.922. The van der Waals surface area contributed by atoms with E-state index in [1.807, 2.05) is 0 Å². The van der Waals surface area contributed by atoms with Gasteiger partial charge in [0.05, 0.1) is 18.7 Å². The van der Waals surface area contributed by atoms with E-state index in [0.717, 1.165) is 12.3 Å². The molecule has 0 atom stereocenters. The van der Waals surface area contributed by atoms with E-state index < -0.39 is 17.8 Å². The highest BCUT2D eigenvalue weighted by Gasteiger charge is 2.33. The summed E-state index contributed by atoms with van der Waals surface area (Å²) in [6.07, 6.45) is -2.09. The molecule has 0 spiro atoms. The Morgan fingerprint density at radius 3 is 2.55 bits per heavy atom. The Morgan fingerprint density at radius 2 is 1.88 bits per heavy atom. The molecule has 4 aromatic rings. The summed E-state index contributed by atoms with van der Waals surface area (Å²) in [6.45, 7) is 10.5. The Labute approximate surface area is 238 Å². The first-order chi connectivity index (χ1) is 20.2. The predicted octanol–water partition coefficient (Wildman–Crippen LogP) is 5.68. The molecule has 13 heteroatoms. The van der Waals surface area contributed by atoms with Gasteiger partial charge in [-0.25, -0.2) is 24.6 Å². The van der Waals surface area contributed by atoms with Gasteiger partial charge in [0, 0.05) is 37.0 Å². The van der Waals surface area contributed by atoms with Gasteiger partial charge in [0.15, 0.2) is 11.3 Å². The standard InChI is InChI=1S/C29H25F3N6O4/c1-3-41-27(40)21-14-20(33-2)15-22-24(21)42-26(36-22)19-6-4-18(5-7-19)25(39)35-16-17-9-12-38(13-10-17)28-34-11-8-23(37-28)29(30,31)32/h4-8,11,14-15,17H,3,9-10,12-13,16H2,1H3,(H,35,39). The normalized spacial score (nSPS) is 14.0. The van der Waals surface area contributed by atoms with Crippen LogP contribution in [0.1, 0.15) is 46.2 Å². The smallest absolute Gasteiger partial charge is 0.433 e. The van der Waals surface area contributed by atoms with Crippen LogP contribution in [-0.2, 0) is 10.9 Å². The number of amides is 1. The minimum atomic E-state index is -4.53. The molecule has 2 aromatic carbocycles. The molecule has 0 bridgehead atoms. The number of nitrogens with one attached hydrogen (secondary N) is 1. The summed E-state index contributed by atoms with van der Waals surface area (Å²) in [4.78, 5) is 42.3. The highest BCUT2D eigenvalue weighted by molar-refractivity contribution is 6.03. The molecular weight excluding hydrogens is 553 g/mol. The van der Waals surface area contributed by atoms with Crippen LogP contribution >= 0.6 is 0 Å². The molecule has 5 rings (SSSR count). The molecule has 1 saturated heterocycles. The number of hydrogen-bond donors (Lipinski definition) is 1. The number of anilines is 1. The fraction of sp³-hybridized carbons (Fsp3) is 0.310. The number of esters is 1. The summed E-state index contributed by atoms with van der Waals surface area (Å²) < 4.78 is 49.9. The Kier molecular flexibility index (Phi) is 8.06. The van der Waals surface area contributed by atoms with E-state index in [2.05, 4.69) is 25.1 Å². The van der Waals surface area contributed by atoms with Crippen molar-refractivity contribution in [3.63, 3.8) is 0 Å². The second-order valence-electron chi connectivity index (χ2n) is 9.65. The van der Waals surface area contributed by atoms with E-state index in [0.29, 0.717) is 49.1 Å². The predicted molar refractivity (Wildman–Crippen MR) is 146 cm³/mol. The van der Waals surface area contributed by atoms with Crippen molar-refractivity contribution < 1.29 is 31.9 Å². The van der Waals surface area contributed by atoms with E-state index in [9.17, 15) is 22.8 Å². The van der Waals surface area contributed by atoms with Gasteiger partial charge in [0.25, 0.3) is 5.91 Å². The molecule has 1 amide bonds. The third-order valence-electron chi connectivity index (χ3n) is 6.88. The molecule has 1 N–H and O–H groups in total. The van der Waals surface area contributed by atoms with Crippen LogP contribution < -0.4 is 10.2 Å². The van der Waals surface area contributed by atoms with Crippen LogP contribution in [0.2, 0.25) is 0 Å². The number of aromatic nitrogens is 3. The first-order valence-corrected chi connectivity index (χ1v) is 13.2. The van der Waals surface area contributed by atoms with E-state index in [1.54, 1.807) is 36.1 Å². The maximum Gasteiger partial charge on any atom is 0.433 e. The van der Waals surface area contributed by atoms with Gasteiger partial charge in [-0.1, -0.05) is 0 Å². The molecule has 0 radical (unpaired) electrons. The minimum absolute atomic E-state index is 0.0512. The molecule has 216 valence electrons. The number of hydrogen-bond acceptors (Lipinski definition) is 8. The lowest BCUT2D eigenvalue weighted by Crippen LogP contribution is -2.39. The van der Waals surface area contributed by atoms with E-state index >= 15 is 0 Å². The van der Waals surface area contributed by atoms with Crippen LogP contribution in [0.25, 0.3) is 27.4 Å². The second kappa shape index (κ2) is 11.9. The Hall–Kier alpha value is -4.99. The third kappa shape index (κ3) is 6.17. The molecule has 2 aromatic heterocycles. The quantitative estimate of drug-likeness (QED) is 0.220. The zero-order valence-corrected chi connectivity index (χ0v) is 22.4. The van der Waals surface area contributed by atoms with Crippen molar-refractivity contribution in [3.8, 4) is 11.5 Å². The molecule has 10 nitrogen and oxygen atoms in total. The number of carbonyl (C=O) groups excluding carboxylic acids is 2. The molecule has 0 unspecified atom stereocenters. The summed E-state index contributed by atoms with van der Waals surface area (Å²) in [5, 5.41) is 2.92. The van der Waals surface area contributed by atoms with Crippen LogP contribution in [0.4, 0.5) is 24.8 Å². The van der Waals surface area contributed by atoms with Crippen LogP contribution in [-0.4, -0.2) is 53.1 Å². The van der Waals surface area contributed by atoms with Gasteiger partial charge in [-0.15, -0.1) is 0 Å². The zero-order chi connectivity index (χ0) is 29.9. The van der Waals surface area contributed by atoms with Crippen molar-refractivity contribution in [2.45, 2.75) is 25.9 Å². The fourth-order valence-electron chi connectivity index (χ4n) is 4.67. The third-order valence-corrected chi connectivity index (χ3v) is 6.88. The average Bonchev–Trinajstić information content (AvgIpc) is 3.44. The maximum absolute atomic E-state index is 13.0. The Balaban J connectivity index is 1.19. The first-order valence-electron chi connectivity index (χ1n) is 13.2. The topological polar surface area (TPSA) is 115 Å². The van der Waals surface area contributed by atoms with Gasteiger partial charge in [0.2, 0.25) is 11.8 Å². The number of alkyl halides is 3. The van der Waals surface area contributed by atoms with Crippen molar-refractivity contribution in [1.82, 2.24) is 20.3 Å². The molecular formula is C29H25F3N6O4. The number of benzene rings is 2. The van der Waals surface area contributed by atoms with E-state index in [4.69, 9.17) is 15.7 Å². The van der Waals surface area contributed by atoms with Gasteiger partial charge in [-0.2, -0.15) is 13.2 Å². The number of ether oxygens (including phenoxy) is 1. The Bertz CT molecular complexity index is 1650. The van der Waals surface area contributed by atoms with Crippen molar-refractivity contribution >= 4 is 34.6 Å². The molecule has 1 aliphatic rings. The number of oxazole rings is 1. The highest BCUT2D eigenvalue weighted by atomic mass is 19.4. The van der Waals surface area contributed by atoms with Crippen LogP contribution in [0.3, 0.4) is 0 Å². The summed E-state index contributed by atoms with van der Waals surface area (Å²) >= 11 is 0. The second-order valence-corrected chi connectivity index (χ2v) is 9.65. The molecule has 1 aliphatic heterocycles. The van der Waals surface area contributed by atoms with Crippen LogP contribution in [0, 0.1) is 12.5 Å². The van der Waals surface area contributed by atoms with Gasteiger partial charge < -0.3 is 19.4 Å². The van der Waals surface area contributed by atoms with E-state index in [1.165, 1.54) is 12.1 Å². The van der Waals surface area contributed by atoms with Crippen LogP contribution in [0.5, 0.6) is 0 Å². The van der Waals surface area contributed by atoms with Crippen molar-refractivity contribution in [3.05, 3.63) is 76.9 Å². The minimum Gasteiger partial charge on any atom is -0.462 e. The van der Waals surface area contributed by atoms with Gasteiger partial charge >= 0.3 is 12.1 Å². The summed E-state index contributed by atoms with van der Waals surface area (Å²) in [6, 6.07) is 10.4. The van der Waals surface area contributed by atoms with Gasteiger partial charge in [-0.3, -0.25) is 4.79 Å². The Morgan fingerprint density at radius 1 is 1.14 bits per heavy atom. The van der Waals surface area contributed by atoms with Gasteiger partial charge in [-0.05, 0) is 68.1 Å². The lowest BCUT2D eigenvalue weighted by molar-refractivity contribution is -0.141. The van der Waals surface area contributed by atoms with Crippen molar-refractivity contribution in [2.75, 3.05) is 31.1 Å². The zero-order valence-electron chi connectivity index (χ0n) is 22.4. The molecule has 0 aliphatic carbocycles. The fourth-order valence-corrected chi connectivity index (χ4v) is 4.67. The number of rotatable bonds is 7. The lowest BCUT2D eigenvalue weighted by atomic mass is 9.97. The number of nitrogens with zero attached hydrogens (tertiary/aromatic N) is 5.